The zero-order valence-corrected chi connectivity index (χ0v) is 24.9. The maximum Gasteiger partial charge on any atom is 0.253 e. The number of sulfone groups is 1. The zero-order chi connectivity index (χ0) is 27.6. The molecule has 1 atom stereocenters. The molecule has 1 unspecified atom stereocenters. The molecule has 1 spiro atoms. The van der Waals surface area contributed by atoms with Gasteiger partial charge in [0.05, 0.1) is 23.7 Å². The molecule has 0 bridgehead atoms. The largest absolute Gasteiger partial charge is 0.493 e. The van der Waals surface area contributed by atoms with Crippen molar-refractivity contribution in [2.24, 2.45) is 5.92 Å². The molecule has 7 heteroatoms. The fourth-order valence-corrected chi connectivity index (χ4v) is 8.86. The van der Waals surface area contributed by atoms with Gasteiger partial charge in [-0.05, 0) is 80.5 Å². The molecule has 2 aliphatic heterocycles. The molecule has 2 aliphatic carbocycles. The van der Waals surface area contributed by atoms with Crippen LogP contribution in [0.15, 0.2) is 18.2 Å². The summed E-state index contributed by atoms with van der Waals surface area (Å²) >= 11 is 0. The van der Waals surface area contributed by atoms with Gasteiger partial charge < -0.3 is 14.6 Å². The first-order valence-corrected chi connectivity index (χ1v) is 16.8. The van der Waals surface area contributed by atoms with Gasteiger partial charge >= 0.3 is 0 Å². The molecule has 2 saturated carbocycles. The molecule has 4 aliphatic rings. The first-order chi connectivity index (χ1) is 18.5. The van der Waals surface area contributed by atoms with Gasteiger partial charge in [-0.25, -0.2) is 8.42 Å². The fourth-order valence-electron chi connectivity index (χ4n) is 7.19. The van der Waals surface area contributed by atoms with Crippen molar-refractivity contribution in [2.45, 2.75) is 109 Å². The van der Waals surface area contributed by atoms with Crippen molar-refractivity contribution in [3.63, 3.8) is 0 Å². The molecule has 1 aromatic heterocycles. The summed E-state index contributed by atoms with van der Waals surface area (Å²) in [4.78, 5) is 13.6. The van der Waals surface area contributed by atoms with Crippen LogP contribution in [-0.2, 0) is 27.2 Å². The van der Waals surface area contributed by atoms with E-state index >= 15 is 0 Å². The van der Waals surface area contributed by atoms with E-state index in [0.717, 1.165) is 42.3 Å². The number of nitrogens with zero attached hydrogens (tertiary/aromatic N) is 1. The van der Waals surface area contributed by atoms with Gasteiger partial charge in [0.25, 0.3) is 5.91 Å². The molecule has 1 amide bonds. The normalized spacial score (nSPS) is 23.8. The minimum absolute atomic E-state index is 0.0370. The van der Waals surface area contributed by atoms with Gasteiger partial charge in [0.15, 0.2) is 9.84 Å². The lowest BCUT2D eigenvalue weighted by Gasteiger charge is -2.33. The van der Waals surface area contributed by atoms with Crippen LogP contribution in [0, 0.1) is 12.8 Å². The second-order valence-corrected chi connectivity index (χ2v) is 16.0. The number of hydrogen-bond donors (Lipinski definition) is 1. The van der Waals surface area contributed by atoms with E-state index in [-0.39, 0.29) is 34.3 Å². The van der Waals surface area contributed by atoms with Gasteiger partial charge in [-0.3, -0.25) is 4.79 Å². The summed E-state index contributed by atoms with van der Waals surface area (Å²) in [6.07, 6.45) is 10.3. The van der Waals surface area contributed by atoms with Crippen LogP contribution in [0.3, 0.4) is 0 Å². The summed E-state index contributed by atoms with van der Waals surface area (Å²) in [5.74, 6) is 1.72. The summed E-state index contributed by atoms with van der Waals surface area (Å²) in [7, 11) is -3.06. The number of rotatable bonds is 5. The Morgan fingerprint density at radius 1 is 1.08 bits per heavy atom. The summed E-state index contributed by atoms with van der Waals surface area (Å²) in [6.45, 7) is 10.5. The van der Waals surface area contributed by atoms with Crippen LogP contribution in [-0.4, -0.2) is 43.0 Å². The van der Waals surface area contributed by atoms with Crippen molar-refractivity contribution in [3.05, 3.63) is 40.6 Å². The highest BCUT2D eigenvalue weighted by molar-refractivity contribution is 7.91. The van der Waals surface area contributed by atoms with Crippen LogP contribution in [0.25, 0.3) is 11.3 Å². The molecule has 2 aromatic rings. The number of aromatic nitrogens is 1. The van der Waals surface area contributed by atoms with Crippen molar-refractivity contribution in [1.82, 2.24) is 9.88 Å². The van der Waals surface area contributed by atoms with Crippen molar-refractivity contribution < 1.29 is 17.9 Å². The maximum absolute atomic E-state index is 13.6. The van der Waals surface area contributed by atoms with E-state index < -0.39 is 9.84 Å². The van der Waals surface area contributed by atoms with E-state index in [4.69, 9.17) is 4.74 Å². The minimum Gasteiger partial charge on any atom is -0.493 e. The van der Waals surface area contributed by atoms with Crippen LogP contribution in [0.2, 0.25) is 0 Å². The quantitative estimate of drug-likeness (QED) is 0.488. The smallest absolute Gasteiger partial charge is 0.253 e. The fraction of sp³-hybridized carbons (Fsp3) is 0.656. The predicted molar refractivity (Wildman–Crippen MR) is 155 cm³/mol. The van der Waals surface area contributed by atoms with Crippen molar-refractivity contribution in [3.8, 4) is 17.0 Å². The molecular formula is C32H44N2O4S. The number of amides is 1. The Morgan fingerprint density at radius 3 is 2.46 bits per heavy atom. The van der Waals surface area contributed by atoms with Crippen LogP contribution in [0.1, 0.15) is 106 Å². The molecule has 6 rings (SSSR count). The van der Waals surface area contributed by atoms with Crippen LogP contribution >= 0.6 is 0 Å². The summed E-state index contributed by atoms with van der Waals surface area (Å²) < 4.78 is 32.7. The molecule has 6 nitrogen and oxygen atoms in total. The monoisotopic (exact) mass is 552 g/mol. The molecular weight excluding hydrogens is 508 g/mol. The van der Waals surface area contributed by atoms with Gasteiger partial charge in [0.1, 0.15) is 5.75 Å². The Morgan fingerprint density at radius 2 is 1.82 bits per heavy atom. The third-order valence-corrected chi connectivity index (χ3v) is 11.6. The minimum atomic E-state index is -3.06. The molecule has 0 radical (unpaired) electrons. The van der Waals surface area contributed by atoms with E-state index in [9.17, 15) is 13.2 Å². The van der Waals surface area contributed by atoms with E-state index in [2.05, 4.69) is 55.8 Å². The third kappa shape index (κ3) is 5.16. The van der Waals surface area contributed by atoms with Gasteiger partial charge in [0.2, 0.25) is 0 Å². The lowest BCUT2D eigenvalue weighted by molar-refractivity contribution is 0.0940. The highest BCUT2D eigenvalue weighted by Gasteiger charge is 2.49. The highest BCUT2D eigenvalue weighted by atomic mass is 32.2. The Bertz CT molecular complexity index is 1370. The molecule has 1 saturated heterocycles. The van der Waals surface area contributed by atoms with E-state index in [1.807, 2.05) is 0 Å². The van der Waals surface area contributed by atoms with Crippen molar-refractivity contribution in [2.75, 3.05) is 18.1 Å². The van der Waals surface area contributed by atoms with Crippen molar-refractivity contribution >= 4 is 15.7 Å². The first kappa shape index (κ1) is 26.9. The Balaban J connectivity index is 1.44. The second-order valence-electron chi connectivity index (χ2n) is 13.7. The molecule has 3 fully saturated rings. The molecule has 212 valence electrons. The van der Waals surface area contributed by atoms with E-state index in [1.165, 1.54) is 56.1 Å². The first-order valence-electron chi connectivity index (χ1n) is 15.0. The standard InChI is InChI=1S/C32H44N2O4S/c1-21-25(30(35)33-24-10-15-39(36,37)20-24)18-28(34(21)19-22-8-6-5-7-9-22)23-16-26(31(2,3)4)29-27(17-23)32(11-12-32)13-14-38-29/h16-18,22,24H,5-15,19-20H2,1-4H3,(H,33,35). The number of carbonyl (C=O) groups is 1. The summed E-state index contributed by atoms with van der Waals surface area (Å²) in [6, 6.07) is 6.41. The average molecular weight is 553 g/mol. The van der Waals surface area contributed by atoms with E-state index in [1.54, 1.807) is 0 Å². The van der Waals surface area contributed by atoms with Crippen molar-refractivity contribution in [1.29, 1.82) is 0 Å². The van der Waals surface area contributed by atoms with E-state index in [0.29, 0.717) is 17.9 Å². The van der Waals surface area contributed by atoms with Crippen LogP contribution in [0.4, 0.5) is 0 Å². The number of nitrogens with one attached hydrogen (secondary N) is 1. The number of fused-ring (bicyclic) bond motifs is 2. The summed E-state index contributed by atoms with van der Waals surface area (Å²) in [5, 5.41) is 3.04. The Hall–Kier alpha value is -2.28. The number of hydrogen-bond acceptors (Lipinski definition) is 4. The van der Waals surface area contributed by atoms with Crippen LogP contribution in [0.5, 0.6) is 5.75 Å². The van der Waals surface area contributed by atoms with Crippen LogP contribution < -0.4 is 10.1 Å². The molecule has 1 N–H and O–H groups in total. The topological polar surface area (TPSA) is 77.4 Å². The molecule has 3 heterocycles. The summed E-state index contributed by atoms with van der Waals surface area (Å²) in [5.41, 5.74) is 6.66. The average Bonchev–Trinajstić information content (AvgIpc) is 3.46. The van der Waals surface area contributed by atoms with Gasteiger partial charge in [0, 0.05) is 40.5 Å². The number of ether oxygens (including phenoxy) is 1. The Labute approximate surface area is 233 Å². The highest BCUT2D eigenvalue weighted by Crippen LogP contribution is 2.58. The van der Waals surface area contributed by atoms with Gasteiger partial charge in [-0.2, -0.15) is 0 Å². The number of benzene rings is 1. The maximum atomic E-state index is 13.6. The molecule has 39 heavy (non-hydrogen) atoms. The second kappa shape index (κ2) is 9.67. The van der Waals surface area contributed by atoms with Gasteiger partial charge in [-0.15, -0.1) is 0 Å². The lowest BCUT2D eigenvalue weighted by Crippen LogP contribution is -2.35. The number of carbonyl (C=O) groups excluding carboxylic acids is 1. The van der Waals surface area contributed by atoms with Gasteiger partial charge in [-0.1, -0.05) is 40.0 Å². The molecule has 1 aromatic carbocycles. The third-order valence-electron chi connectivity index (χ3n) is 9.79. The SMILES string of the molecule is Cc1c(C(=O)NC2CCS(=O)(=O)C2)cc(-c2cc(C(C)(C)C)c3c(c2)C2(CCO3)CC2)n1CC1CCCCC1. The predicted octanol–water partition coefficient (Wildman–Crippen LogP) is 6.07. The Kier molecular flexibility index (Phi) is 6.68. The zero-order valence-electron chi connectivity index (χ0n) is 24.1. The lowest BCUT2D eigenvalue weighted by atomic mass is 9.79.